The van der Waals surface area contributed by atoms with Gasteiger partial charge < -0.3 is 16.2 Å². The third-order valence-electron chi connectivity index (χ3n) is 2.02. The second kappa shape index (κ2) is 3.61. The van der Waals surface area contributed by atoms with Crippen molar-refractivity contribution in [2.24, 2.45) is 0 Å². The van der Waals surface area contributed by atoms with Crippen LogP contribution in [0.2, 0.25) is 0 Å². The SMILES string of the molecule is CCOc1ccc2nc(N)nc(N)c2c1. The Morgan fingerprint density at radius 2 is 2.07 bits per heavy atom. The highest BCUT2D eigenvalue weighted by atomic mass is 16.5. The maximum Gasteiger partial charge on any atom is 0.222 e. The lowest BCUT2D eigenvalue weighted by Gasteiger charge is -2.06. The number of rotatable bonds is 2. The van der Waals surface area contributed by atoms with Crippen molar-refractivity contribution in [2.45, 2.75) is 6.92 Å². The van der Waals surface area contributed by atoms with Gasteiger partial charge in [-0.1, -0.05) is 0 Å². The van der Waals surface area contributed by atoms with Gasteiger partial charge >= 0.3 is 0 Å². The summed E-state index contributed by atoms with van der Waals surface area (Å²) in [5, 5.41) is 0.759. The van der Waals surface area contributed by atoms with Crippen molar-refractivity contribution in [3.63, 3.8) is 0 Å². The zero-order valence-electron chi connectivity index (χ0n) is 8.40. The van der Waals surface area contributed by atoms with Gasteiger partial charge in [0.15, 0.2) is 0 Å². The average molecular weight is 204 g/mol. The monoisotopic (exact) mass is 204 g/mol. The van der Waals surface area contributed by atoms with Crippen molar-refractivity contribution in [3.8, 4) is 5.75 Å². The van der Waals surface area contributed by atoms with Crippen LogP contribution in [0.1, 0.15) is 6.92 Å². The van der Waals surface area contributed by atoms with Crippen molar-refractivity contribution < 1.29 is 4.74 Å². The number of fused-ring (bicyclic) bond motifs is 1. The molecule has 2 rings (SSSR count). The molecule has 0 aliphatic carbocycles. The molecule has 0 saturated heterocycles. The minimum atomic E-state index is 0.184. The molecule has 4 N–H and O–H groups in total. The summed E-state index contributed by atoms with van der Waals surface area (Å²) in [6.07, 6.45) is 0. The van der Waals surface area contributed by atoms with Gasteiger partial charge in [0.1, 0.15) is 11.6 Å². The molecule has 0 unspecified atom stereocenters. The predicted molar refractivity (Wildman–Crippen MR) is 59.5 cm³/mol. The van der Waals surface area contributed by atoms with Crippen molar-refractivity contribution in [3.05, 3.63) is 18.2 Å². The molecular formula is C10H12N4O. The molecule has 78 valence electrons. The molecule has 1 aromatic heterocycles. The summed E-state index contributed by atoms with van der Waals surface area (Å²) in [5.41, 5.74) is 11.9. The van der Waals surface area contributed by atoms with E-state index in [0.717, 1.165) is 16.7 Å². The smallest absolute Gasteiger partial charge is 0.222 e. The fourth-order valence-electron chi connectivity index (χ4n) is 1.41. The van der Waals surface area contributed by atoms with Crippen molar-refractivity contribution in [1.29, 1.82) is 0 Å². The van der Waals surface area contributed by atoms with Crippen LogP contribution in [0.25, 0.3) is 10.9 Å². The van der Waals surface area contributed by atoms with E-state index in [-0.39, 0.29) is 5.95 Å². The third kappa shape index (κ3) is 1.76. The van der Waals surface area contributed by atoms with Crippen molar-refractivity contribution in [1.82, 2.24) is 9.97 Å². The quantitative estimate of drug-likeness (QED) is 0.767. The van der Waals surface area contributed by atoms with Crippen LogP contribution in [0.4, 0.5) is 11.8 Å². The highest BCUT2D eigenvalue weighted by molar-refractivity contribution is 5.89. The van der Waals surface area contributed by atoms with Crippen LogP contribution in [0, 0.1) is 0 Å². The number of nitrogens with two attached hydrogens (primary N) is 2. The van der Waals surface area contributed by atoms with Gasteiger partial charge in [-0.25, -0.2) is 4.98 Å². The minimum Gasteiger partial charge on any atom is -0.494 e. The molecule has 0 radical (unpaired) electrons. The lowest BCUT2D eigenvalue weighted by molar-refractivity contribution is 0.340. The van der Waals surface area contributed by atoms with E-state index < -0.39 is 0 Å². The second-order valence-electron chi connectivity index (χ2n) is 3.08. The molecule has 0 bridgehead atoms. The maximum absolute atomic E-state index is 5.74. The van der Waals surface area contributed by atoms with E-state index in [4.69, 9.17) is 16.2 Å². The maximum atomic E-state index is 5.74. The van der Waals surface area contributed by atoms with Gasteiger partial charge in [-0.05, 0) is 25.1 Å². The van der Waals surface area contributed by atoms with Crippen molar-refractivity contribution >= 4 is 22.7 Å². The normalized spacial score (nSPS) is 10.5. The van der Waals surface area contributed by atoms with Crippen LogP contribution in [0.5, 0.6) is 5.75 Å². The number of hydrogen-bond donors (Lipinski definition) is 2. The fraction of sp³-hybridized carbons (Fsp3) is 0.200. The van der Waals surface area contributed by atoms with Crippen LogP contribution in [0.3, 0.4) is 0 Å². The van der Waals surface area contributed by atoms with E-state index in [0.29, 0.717) is 12.4 Å². The first-order chi connectivity index (χ1) is 7.20. The first-order valence-electron chi connectivity index (χ1n) is 4.66. The Balaban J connectivity index is 2.60. The molecular weight excluding hydrogens is 192 g/mol. The van der Waals surface area contributed by atoms with E-state index in [9.17, 15) is 0 Å². The Morgan fingerprint density at radius 3 is 2.80 bits per heavy atom. The second-order valence-corrected chi connectivity index (χ2v) is 3.08. The minimum absolute atomic E-state index is 0.184. The van der Waals surface area contributed by atoms with Gasteiger partial charge in [0, 0.05) is 5.39 Å². The van der Waals surface area contributed by atoms with Crippen LogP contribution in [-0.2, 0) is 0 Å². The van der Waals surface area contributed by atoms with Crippen LogP contribution >= 0.6 is 0 Å². The van der Waals surface area contributed by atoms with Crippen LogP contribution < -0.4 is 16.2 Å². The van der Waals surface area contributed by atoms with E-state index in [1.807, 2.05) is 25.1 Å². The molecule has 0 atom stereocenters. The molecule has 0 amide bonds. The molecule has 2 aromatic rings. The molecule has 0 fully saturated rings. The van der Waals surface area contributed by atoms with Crippen molar-refractivity contribution in [2.75, 3.05) is 18.1 Å². The highest BCUT2D eigenvalue weighted by Crippen LogP contribution is 2.23. The summed E-state index contributed by atoms with van der Waals surface area (Å²) in [6, 6.07) is 5.46. The molecule has 0 saturated carbocycles. The first kappa shape index (κ1) is 9.51. The molecule has 0 spiro atoms. The lowest BCUT2D eigenvalue weighted by atomic mass is 10.2. The van der Waals surface area contributed by atoms with Crippen LogP contribution in [-0.4, -0.2) is 16.6 Å². The summed E-state index contributed by atoms with van der Waals surface area (Å²) in [4.78, 5) is 7.96. The largest absolute Gasteiger partial charge is 0.494 e. The fourth-order valence-corrected chi connectivity index (χ4v) is 1.41. The first-order valence-corrected chi connectivity index (χ1v) is 4.66. The number of hydrogen-bond acceptors (Lipinski definition) is 5. The van der Waals surface area contributed by atoms with Gasteiger partial charge in [0.25, 0.3) is 0 Å². The van der Waals surface area contributed by atoms with Gasteiger partial charge in [0.05, 0.1) is 12.1 Å². The summed E-state index contributed by atoms with van der Waals surface area (Å²) in [5.74, 6) is 1.31. The predicted octanol–water partition coefficient (Wildman–Crippen LogP) is 1.19. The van der Waals surface area contributed by atoms with E-state index in [1.165, 1.54) is 0 Å². The Kier molecular flexibility index (Phi) is 2.29. The summed E-state index contributed by atoms with van der Waals surface area (Å²) in [6.45, 7) is 2.54. The van der Waals surface area contributed by atoms with Crippen LogP contribution in [0.15, 0.2) is 18.2 Å². The molecule has 5 nitrogen and oxygen atoms in total. The van der Waals surface area contributed by atoms with Gasteiger partial charge in [-0.15, -0.1) is 0 Å². The van der Waals surface area contributed by atoms with E-state index in [1.54, 1.807) is 0 Å². The molecule has 1 heterocycles. The number of benzene rings is 1. The topological polar surface area (TPSA) is 87.0 Å². The Bertz CT molecular complexity index is 498. The lowest BCUT2D eigenvalue weighted by Crippen LogP contribution is -2.00. The van der Waals surface area contributed by atoms with Gasteiger partial charge in [0.2, 0.25) is 5.95 Å². The van der Waals surface area contributed by atoms with Gasteiger partial charge in [-0.2, -0.15) is 4.98 Å². The number of ether oxygens (including phenoxy) is 1. The molecule has 15 heavy (non-hydrogen) atoms. The molecule has 0 aliphatic rings. The zero-order valence-corrected chi connectivity index (χ0v) is 8.40. The Hall–Kier alpha value is -2.04. The molecule has 1 aromatic carbocycles. The molecule has 5 heteroatoms. The Morgan fingerprint density at radius 1 is 1.27 bits per heavy atom. The molecule has 0 aliphatic heterocycles. The Labute approximate surface area is 87.1 Å². The number of nitrogens with zero attached hydrogens (tertiary/aromatic N) is 2. The van der Waals surface area contributed by atoms with E-state index in [2.05, 4.69) is 9.97 Å². The standard InChI is InChI=1S/C10H12N4O/c1-2-15-6-3-4-8-7(5-6)9(11)14-10(12)13-8/h3-5H,2H2,1H3,(H4,11,12,13,14). The summed E-state index contributed by atoms with van der Waals surface area (Å²) < 4.78 is 5.36. The number of nitrogen functional groups attached to an aromatic ring is 2. The number of anilines is 2. The zero-order chi connectivity index (χ0) is 10.8. The summed E-state index contributed by atoms with van der Waals surface area (Å²) in [7, 11) is 0. The third-order valence-corrected chi connectivity index (χ3v) is 2.02. The van der Waals surface area contributed by atoms with E-state index >= 15 is 0 Å². The number of aromatic nitrogens is 2. The highest BCUT2D eigenvalue weighted by Gasteiger charge is 2.04. The van der Waals surface area contributed by atoms with Gasteiger partial charge in [-0.3, -0.25) is 0 Å². The average Bonchev–Trinajstić information content (AvgIpc) is 2.19. The summed E-state index contributed by atoms with van der Waals surface area (Å²) >= 11 is 0.